The third kappa shape index (κ3) is 5.30. The van der Waals surface area contributed by atoms with Crippen molar-refractivity contribution in [2.75, 3.05) is 0 Å². The van der Waals surface area contributed by atoms with E-state index in [9.17, 15) is 0 Å². The summed E-state index contributed by atoms with van der Waals surface area (Å²) in [5.74, 6) is 0. The van der Waals surface area contributed by atoms with Gasteiger partial charge in [-0.2, -0.15) is 0 Å². The van der Waals surface area contributed by atoms with Crippen molar-refractivity contribution >= 4 is 15.5 Å². The smallest absolute Gasteiger partial charge is 0.281 e. The molecule has 0 N–H and O–H groups in total. The molecular formula is C6H13NOSi. The molecule has 0 aliphatic rings. The molecule has 0 spiro atoms. The van der Waals surface area contributed by atoms with Crippen molar-refractivity contribution in [2.24, 2.45) is 5.16 Å². The van der Waals surface area contributed by atoms with Gasteiger partial charge in [0.2, 0.25) is 0 Å². The molecular weight excluding hydrogens is 130 g/mol. The summed E-state index contributed by atoms with van der Waals surface area (Å²) in [5, 5.41) is 3.84. The van der Waals surface area contributed by atoms with Gasteiger partial charge in [-0.3, -0.25) is 0 Å². The SMILES string of the molecule is C=C[SiH2]ON=C(C)CC. The van der Waals surface area contributed by atoms with Crippen LogP contribution in [0.5, 0.6) is 0 Å². The molecule has 0 saturated heterocycles. The molecule has 0 aromatic carbocycles. The first-order valence-electron chi connectivity index (χ1n) is 3.07. The fraction of sp³-hybridized carbons (Fsp3) is 0.500. The van der Waals surface area contributed by atoms with Gasteiger partial charge in [-0.15, -0.1) is 11.7 Å². The third-order valence-corrected chi connectivity index (χ3v) is 1.44. The average molecular weight is 143 g/mol. The van der Waals surface area contributed by atoms with Gasteiger partial charge in [-0.05, 0) is 13.3 Å². The second-order valence-corrected chi connectivity index (χ2v) is 2.93. The van der Waals surface area contributed by atoms with Crippen LogP contribution in [0.25, 0.3) is 0 Å². The quantitative estimate of drug-likeness (QED) is 0.249. The maximum atomic E-state index is 4.94. The van der Waals surface area contributed by atoms with Gasteiger partial charge >= 0.3 is 0 Å². The zero-order valence-corrected chi connectivity index (χ0v) is 7.47. The predicted molar refractivity (Wildman–Crippen MR) is 43.2 cm³/mol. The van der Waals surface area contributed by atoms with Crippen molar-refractivity contribution < 1.29 is 4.53 Å². The van der Waals surface area contributed by atoms with E-state index in [1.54, 1.807) is 0 Å². The van der Waals surface area contributed by atoms with Crippen molar-refractivity contribution in [3.05, 3.63) is 12.3 Å². The largest absolute Gasteiger partial charge is 0.458 e. The standard InChI is InChI=1S/C6H13NOSi/c1-4-6(3)7-8-9-5-2/h5H,2,4,9H2,1,3H3. The second-order valence-electron chi connectivity index (χ2n) is 1.76. The van der Waals surface area contributed by atoms with Gasteiger partial charge in [-0.1, -0.05) is 12.6 Å². The van der Waals surface area contributed by atoms with Gasteiger partial charge < -0.3 is 4.53 Å². The summed E-state index contributed by atoms with van der Waals surface area (Å²) in [6, 6.07) is 0. The molecule has 0 unspecified atom stereocenters. The molecule has 0 aliphatic heterocycles. The van der Waals surface area contributed by atoms with Crippen LogP contribution in [-0.4, -0.2) is 15.5 Å². The Hall–Kier alpha value is -0.573. The first-order chi connectivity index (χ1) is 4.31. The number of nitrogens with zero attached hydrogens (tertiary/aromatic N) is 1. The van der Waals surface area contributed by atoms with E-state index in [1.165, 1.54) is 0 Å². The Morgan fingerprint density at radius 2 is 2.56 bits per heavy atom. The monoisotopic (exact) mass is 143 g/mol. The highest BCUT2D eigenvalue weighted by Gasteiger charge is 1.82. The van der Waals surface area contributed by atoms with Crippen LogP contribution in [0.3, 0.4) is 0 Å². The summed E-state index contributed by atoms with van der Waals surface area (Å²) in [6.45, 7) is 7.56. The van der Waals surface area contributed by atoms with Crippen LogP contribution in [0.1, 0.15) is 20.3 Å². The van der Waals surface area contributed by atoms with Gasteiger partial charge in [0.15, 0.2) is 0 Å². The summed E-state index contributed by atoms with van der Waals surface area (Å²) < 4.78 is 4.94. The molecule has 2 nitrogen and oxygen atoms in total. The Morgan fingerprint density at radius 1 is 1.89 bits per heavy atom. The Morgan fingerprint density at radius 3 is 3.00 bits per heavy atom. The molecule has 0 fully saturated rings. The predicted octanol–water partition coefficient (Wildman–Crippen LogP) is 1.02. The van der Waals surface area contributed by atoms with Gasteiger partial charge in [0.1, 0.15) is 0 Å². The van der Waals surface area contributed by atoms with Gasteiger partial charge in [0, 0.05) is 0 Å². The number of rotatable bonds is 4. The van der Waals surface area contributed by atoms with Crippen molar-refractivity contribution in [1.29, 1.82) is 0 Å². The molecule has 0 rings (SSSR count). The molecule has 0 radical (unpaired) electrons. The van der Waals surface area contributed by atoms with E-state index >= 15 is 0 Å². The molecule has 52 valence electrons. The van der Waals surface area contributed by atoms with Crippen LogP contribution in [0, 0.1) is 0 Å². The lowest BCUT2D eigenvalue weighted by Gasteiger charge is -1.94. The second kappa shape index (κ2) is 5.56. The summed E-state index contributed by atoms with van der Waals surface area (Å²) >= 11 is 0. The average Bonchev–Trinajstić information content (AvgIpc) is 1.89. The Bertz CT molecular complexity index is 112. The van der Waals surface area contributed by atoms with Crippen LogP contribution >= 0.6 is 0 Å². The topological polar surface area (TPSA) is 21.6 Å². The molecule has 3 heteroatoms. The Kier molecular flexibility index (Phi) is 5.21. The zero-order chi connectivity index (χ0) is 7.11. The Balaban J connectivity index is 3.31. The zero-order valence-electron chi connectivity index (χ0n) is 6.05. The molecule has 0 aromatic heterocycles. The van der Waals surface area contributed by atoms with E-state index in [4.69, 9.17) is 4.53 Å². The van der Waals surface area contributed by atoms with E-state index < -0.39 is 9.76 Å². The van der Waals surface area contributed by atoms with E-state index in [1.807, 2.05) is 12.6 Å². The van der Waals surface area contributed by atoms with Crippen molar-refractivity contribution in [3.8, 4) is 0 Å². The first kappa shape index (κ1) is 8.43. The highest BCUT2D eigenvalue weighted by molar-refractivity contribution is 6.34. The summed E-state index contributed by atoms with van der Waals surface area (Å²) in [4.78, 5) is 0. The van der Waals surface area contributed by atoms with Crippen molar-refractivity contribution in [1.82, 2.24) is 0 Å². The molecule has 0 aliphatic carbocycles. The number of hydrogen-bond donors (Lipinski definition) is 0. The normalized spacial score (nSPS) is 12.4. The highest BCUT2D eigenvalue weighted by atomic mass is 28.2. The van der Waals surface area contributed by atoms with Gasteiger partial charge in [0.25, 0.3) is 9.76 Å². The van der Waals surface area contributed by atoms with Crippen molar-refractivity contribution in [2.45, 2.75) is 20.3 Å². The van der Waals surface area contributed by atoms with Crippen LogP contribution in [0.15, 0.2) is 17.4 Å². The van der Waals surface area contributed by atoms with Crippen LogP contribution in [0.4, 0.5) is 0 Å². The maximum Gasteiger partial charge on any atom is 0.281 e. The summed E-state index contributed by atoms with van der Waals surface area (Å²) in [7, 11) is -0.554. The van der Waals surface area contributed by atoms with E-state index in [-0.39, 0.29) is 0 Å². The number of hydrogen-bond acceptors (Lipinski definition) is 2. The molecule has 0 amide bonds. The first-order valence-corrected chi connectivity index (χ1v) is 4.47. The molecule has 0 aromatic rings. The maximum absolute atomic E-state index is 4.94. The number of oxime groups is 1. The fourth-order valence-corrected chi connectivity index (χ4v) is 0.665. The molecule has 9 heavy (non-hydrogen) atoms. The summed E-state index contributed by atoms with van der Waals surface area (Å²) in [5.41, 5.74) is 2.86. The van der Waals surface area contributed by atoms with Gasteiger partial charge in [0.05, 0.1) is 5.71 Å². The Labute approximate surface area is 58.5 Å². The minimum absolute atomic E-state index is 0.554. The molecule has 0 heterocycles. The van der Waals surface area contributed by atoms with Crippen LogP contribution in [-0.2, 0) is 4.53 Å². The molecule has 0 atom stereocenters. The van der Waals surface area contributed by atoms with Crippen LogP contribution < -0.4 is 0 Å². The fourth-order valence-electron chi connectivity index (χ4n) is 0.265. The molecule has 0 saturated carbocycles. The van der Waals surface area contributed by atoms with Gasteiger partial charge in [-0.25, -0.2) is 0 Å². The van der Waals surface area contributed by atoms with E-state index in [0.717, 1.165) is 12.1 Å². The lowest BCUT2D eigenvalue weighted by atomic mass is 10.3. The minimum atomic E-state index is -0.554. The third-order valence-electron chi connectivity index (χ3n) is 0.924. The lowest BCUT2D eigenvalue weighted by molar-refractivity contribution is 0.367. The summed E-state index contributed by atoms with van der Waals surface area (Å²) in [6.07, 6.45) is 0.964. The van der Waals surface area contributed by atoms with E-state index in [2.05, 4.69) is 18.7 Å². The highest BCUT2D eigenvalue weighted by Crippen LogP contribution is 1.84. The minimum Gasteiger partial charge on any atom is -0.458 e. The molecule has 0 bridgehead atoms. The van der Waals surface area contributed by atoms with Crippen LogP contribution in [0.2, 0.25) is 0 Å². The van der Waals surface area contributed by atoms with Crippen molar-refractivity contribution in [3.63, 3.8) is 0 Å². The van der Waals surface area contributed by atoms with E-state index in [0.29, 0.717) is 0 Å². The lowest BCUT2D eigenvalue weighted by Crippen LogP contribution is -1.92.